The summed E-state index contributed by atoms with van der Waals surface area (Å²) in [5.74, 6) is 1.34. The molecule has 1 aromatic heterocycles. The molecule has 3 heteroatoms. The molecular formula is C14H23N3. The first-order valence-corrected chi connectivity index (χ1v) is 6.62. The molecular weight excluding hydrogens is 210 g/mol. The summed E-state index contributed by atoms with van der Waals surface area (Å²) in [7, 11) is 0. The number of pyridine rings is 1. The number of likely N-dealkylation sites (tertiary alicyclic amines) is 1. The van der Waals surface area contributed by atoms with Crippen molar-refractivity contribution in [3.05, 3.63) is 30.1 Å². The van der Waals surface area contributed by atoms with Crippen molar-refractivity contribution in [2.75, 3.05) is 26.2 Å². The van der Waals surface area contributed by atoms with Crippen LogP contribution in [-0.4, -0.2) is 36.1 Å². The maximum Gasteiger partial charge on any atom is 0.0270 e. The zero-order valence-corrected chi connectivity index (χ0v) is 10.7. The van der Waals surface area contributed by atoms with Gasteiger partial charge in [-0.2, -0.15) is 0 Å². The summed E-state index contributed by atoms with van der Waals surface area (Å²) in [5.41, 5.74) is 7.22. The van der Waals surface area contributed by atoms with Gasteiger partial charge >= 0.3 is 0 Å². The lowest BCUT2D eigenvalue weighted by Gasteiger charge is -2.32. The fourth-order valence-corrected chi connectivity index (χ4v) is 2.51. The number of nitrogens with two attached hydrogens (primary N) is 1. The molecule has 0 aliphatic carbocycles. The van der Waals surface area contributed by atoms with Gasteiger partial charge in [0.15, 0.2) is 0 Å². The minimum Gasteiger partial charge on any atom is -0.330 e. The molecule has 0 aromatic carbocycles. The second-order valence-corrected chi connectivity index (χ2v) is 5.20. The van der Waals surface area contributed by atoms with Crippen LogP contribution in [0.3, 0.4) is 0 Å². The van der Waals surface area contributed by atoms with Gasteiger partial charge in [0, 0.05) is 31.4 Å². The standard InChI is InChI=1S/C14H23N3/c1-12-4-8-17(9-5-12)11-14(10-15)13-2-6-16-7-3-13/h2-3,6-7,12,14H,4-5,8-11,15H2,1H3. The van der Waals surface area contributed by atoms with Crippen LogP contribution in [0.25, 0.3) is 0 Å². The summed E-state index contributed by atoms with van der Waals surface area (Å²) in [6.45, 7) is 6.61. The van der Waals surface area contributed by atoms with Crippen molar-refractivity contribution >= 4 is 0 Å². The highest BCUT2D eigenvalue weighted by molar-refractivity contribution is 5.16. The Hall–Kier alpha value is -0.930. The number of aromatic nitrogens is 1. The summed E-state index contributed by atoms with van der Waals surface area (Å²) < 4.78 is 0. The number of rotatable bonds is 4. The Morgan fingerprint density at radius 1 is 1.35 bits per heavy atom. The minimum atomic E-state index is 0.450. The molecule has 1 saturated heterocycles. The van der Waals surface area contributed by atoms with Crippen molar-refractivity contribution in [1.29, 1.82) is 0 Å². The predicted molar refractivity (Wildman–Crippen MR) is 70.9 cm³/mol. The minimum absolute atomic E-state index is 0.450. The fourth-order valence-electron chi connectivity index (χ4n) is 2.51. The topological polar surface area (TPSA) is 42.1 Å². The van der Waals surface area contributed by atoms with Crippen molar-refractivity contribution in [3.8, 4) is 0 Å². The predicted octanol–water partition coefficient (Wildman–Crippen LogP) is 1.86. The second-order valence-electron chi connectivity index (χ2n) is 5.20. The van der Waals surface area contributed by atoms with Crippen molar-refractivity contribution in [1.82, 2.24) is 9.88 Å². The smallest absolute Gasteiger partial charge is 0.0270 e. The molecule has 3 nitrogen and oxygen atoms in total. The average molecular weight is 233 g/mol. The first-order valence-electron chi connectivity index (χ1n) is 6.62. The molecule has 1 aliphatic rings. The Balaban J connectivity index is 1.92. The Morgan fingerprint density at radius 2 is 2.00 bits per heavy atom. The van der Waals surface area contributed by atoms with E-state index in [-0.39, 0.29) is 0 Å². The van der Waals surface area contributed by atoms with Gasteiger partial charge in [-0.3, -0.25) is 4.98 Å². The van der Waals surface area contributed by atoms with E-state index in [2.05, 4.69) is 28.9 Å². The van der Waals surface area contributed by atoms with Gasteiger partial charge in [-0.1, -0.05) is 6.92 Å². The number of piperidine rings is 1. The molecule has 1 fully saturated rings. The van der Waals surface area contributed by atoms with Crippen LogP contribution in [0, 0.1) is 5.92 Å². The highest BCUT2D eigenvalue weighted by Crippen LogP contribution is 2.20. The Kier molecular flexibility index (Phi) is 4.51. The average Bonchev–Trinajstić information content (AvgIpc) is 2.39. The van der Waals surface area contributed by atoms with Gasteiger partial charge in [0.05, 0.1) is 0 Å². The second kappa shape index (κ2) is 6.12. The van der Waals surface area contributed by atoms with E-state index in [9.17, 15) is 0 Å². The zero-order valence-electron chi connectivity index (χ0n) is 10.7. The Labute approximate surface area is 104 Å². The molecule has 1 atom stereocenters. The fraction of sp³-hybridized carbons (Fsp3) is 0.643. The van der Waals surface area contributed by atoms with Crippen LogP contribution < -0.4 is 5.73 Å². The van der Waals surface area contributed by atoms with Crippen LogP contribution in [0.15, 0.2) is 24.5 Å². The van der Waals surface area contributed by atoms with Crippen molar-refractivity contribution < 1.29 is 0 Å². The normalized spacial score (nSPS) is 20.4. The third kappa shape index (κ3) is 3.51. The van der Waals surface area contributed by atoms with Crippen LogP contribution >= 0.6 is 0 Å². The molecule has 1 aliphatic heterocycles. The Bertz CT molecular complexity index is 317. The molecule has 2 N–H and O–H groups in total. The van der Waals surface area contributed by atoms with Gasteiger partial charge in [0.1, 0.15) is 0 Å². The van der Waals surface area contributed by atoms with E-state index in [1.165, 1.54) is 31.5 Å². The van der Waals surface area contributed by atoms with Crippen molar-refractivity contribution in [3.63, 3.8) is 0 Å². The highest BCUT2D eigenvalue weighted by Gasteiger charge is 2.19. The number of hydrogen-bond acceptors (Lipinski definition) is 3. The number of nitrogens with zero attached hydrogens (tertiary/aromatic N) is 2. The molecule has 0 radical (unpaired) electrons. The van der Waals surface area contributed by atoms with E-state index in [1.807, 2.05) is 12.4 Å². The van der Waals surface area contributed by atoms with Gasteiger partial charge in [0.2, 0.25) is 0 Å². The summed E-state index contributed by atoms with van der Waals surface area (Å²) in [5, 5.41) is 0. The summed E-state index contributed by atoms with van der Waals surface area (Å²) in [6, 6.07) is 4.17. The van der Waals surface area contributed by atoms with E-state index in [0.29, 0.717) is 5.92 Å². The molecule has 94 valence electrons. The molecule has 0 saturated carbocycles. The first-order chi connectivity index (χ1) is 8.29. The molecule has 1 unspecified atom stereocenters. The molecule has 0 amide bonds. The quantitative estimate of drug-likeness (QED) is 0.863. The van der Waals surface area contributed by atoms with Crippen LogP contribution in [-0.2, 0) is 0 Å². The van der Waals surface area contributed by atoms with E-state index < -0.39 is 0 Å². The maximum absolute atomic E-state index is 5.90. The van der Waals surface area contributed by atoms with E-state index in [1.54, 1.807) is 0 Å². The van der Waals surface area contributed by atoms with Crippen molar-refractivity contribution in [2.24, 2.45) is 11.7 Å². The third-order valence-electron chi connectivity index (χ3n) is 3.82. The van der Waals surface area contributed by atoms with Gasteiger partial charge in [0.25, 0.3) is 0 Å². The maximum atomic E-state index is 5.90. The van der Waals surface area contributed by atoms with Crippen molar-refractivity contribution in [2.45, 2.75) is 25.7 Å². The third-order valence-corrected chi connectivity index (χ3v) is 3.82. The lowest BCUT2D eigenvalue weighted by molar-refractivity contribution is 0.183. The van der Waals surface area contributed by atoms with E-state index in [0.717, 1.165) is 19.0 Å². The molecule has 0 bridgehead atoms. The van der Waals surface area contributed by atoms with Crippen LogP contribution in [0.4, 0.5) is 0 Å². The van der Waals surface area contributed by atoms with Gasteiger partial charge in [-0.25, -0.2) is 0 Å². The molecule has 2 heterocycles. The van der Waals surface area contributed by atoms with E-state index in [4.69, 9.17) is 5.73 Å². The summed E-state index contributed by atoms with van der Waals surface area (Å²) >= 11 is 0. The molecule has 17 heavy (non-hydrogen) atoms. The highest BCUT2D eigenvalue weighted by atomic mass is 15.1. The largest absolute Gasteiger partial charge is 0.330 e. The Morgan fingerprint density at radius 3 is 2.59 bits per heavy atom. The van der Waals surface area contributed by atoms with Gasteiger partial charge in [-0.15, -0.1) is 0 Å². The molecule has 2 rings (SSSR count). The lowest BCUT2D eigenvalue weighted by Crippen LogP contribution is -2.37. The molecule has 0 spiro atoms. The van der Waals surface area contributed by atoms with Crippen LogP contribution in [0.1, 0.15) is 31.2 Å². The van der Waals surface area contributed by atoms with Crippen LogP contribution in [0.2, 0.25) is 0 Å². The SMILES string of the molecule is CC1CCN(CC(CN)c2ccncc2)CC1. The van der Waals surface area contributed by atoms with Crippen LogP contribution in [0.5, 0.6) is 0 Å². The summed E-state index contributed by atoms with van der Waals surface area (Å²) in [4.78, 5) is 6.62. The zero-order chi connectivity index (χ0) is 12.1. The van der Waals surface area contributed by atoms with E-state index >= 15 is 0 Å². The summed E-state index contributed by atoms with van der Waals surface area (Å²) in [6.07, 6.45) is 6.37. The van der Waals surface area contributed by atoms with Gasteiger partial charge in [-0.05, 0) is 49.5 Å². The lowest BCUT2D eigenvalue weighted by atomic mass is 9.95. The number of hydrogen-bond donors (Lipinski definition) is 1. The molecule has 1 aromatic rings. The van der Waals surface area contributed by atoms with Gasteiger partial charge < -0.3 is 10.6 Å². The monoisotopic (exact) mass is 233 g/mol. The first kappa shape index (κ1) is 12.5.